The first-order chi connectivity index (χ1) is 6.77. The van der Waals surface area contributed by atoms with E-state index in [9.17, 15) is 4.79 Å². The van der Waals surface area contributed by atoms with Gasteiger partial charge in [0.05, 0.1) is 6.10 Å². The molecule has 1 amide bonds. The van der Waals surface area contributed by atoms with E-state index in [1.54, 1.807) is 0 Å². The topological polar surface area (TPSA) is 29.5 Å². The Labute approximate surface area is 86.4 Å². The van der Waals surface area contributed by atoms with Crippen molar-refractivity contribution in [2.24, 2.45) is 0 Å². The summed E-state index contributed by atoms with van der Waals surface area (Å²) in [5, 5.41) is 0. The number of nitrogens with zero attached hydrogens (tertiary/aromatic N) is 1. The smallest absolute Gasteiger partial charge is 0.248 e. The summed E-state index contributed by atoms with van der Waals surface area (Å²) in [5.41, 5.74) is 0. The van der Waals surface area contributed by atoms with Crippen LogP contribution in [0.3, 0.4) is 0 Å². The number of hydrogen-bond donors (Lipinski definition) is 0. The normalized spacial score (nSPS) is 17.3. The lowest BCUT2D eigenvalue weighted by atomic mass is 10.3. The van der Waals surface area contributed by atoms with E-state index in [1.807, 2.05) is 18.7 Å². The van der Waals surface area contributed by atoms with Crippen molar-refractivity contribution >= 4 is 5.91 Å². The highest BCUT2D eigenvalue weighted by Gasteiger charge is 2.17. The first kappa shape index (κ1) is 11.5. The number of rotatable bonds is 5. The average Bonchev–Trinajstić information content (AvgIpc) is 2.69. The number of ether oxygens (including phenoxy) is 1. The van der Waals surface area contributed by atoms with E-state index in [4.69, 9.17) is 4.74 Å². The predicted molar refractivity (Wildman–Crippen MR) is 56.1 cm³/mol. The zero-order chi connectivity index (χ0) is 10.4. The van der Waals surface area contributed by atoms with Crippen LogP contribution in [0.25, 0.3) is 0 Å². The minimum atomic E-state index is 0.127. The van der Waals surface area contributed by atoms with E-state index in [0.717, 1.165) is 25.9 Å². The highest BCUT2D eigenvalue weighted by atomic mass is 16.5. The second kappa shape index (κ2) is 6.02. The van der Waals surface area contributed by atoms with Gasteiger partial charge in [-0.3, -0.25) is 4.79 Å². The maximum absolute atomic E-state index is 11.6. The van der Waals surface area contributed by atoms with Gasteiger partial charge < -0.3 is 9.64 Å². The molecular weight excluding hydrogens is 178 g/mol. The lowest BCUT2D eigenvalue weighted by molar-refractivity contribution is -0.137. The Hall–Kier alpha value is -0.570. The zero-order valence-electron chi connectivity index (χ0n) is 9.29. The summed E-state index contributed by atoms with van der Waals surface area (Å²) in [6.45, 7) is 5.83. The fourth-order valence-corrected chi connectivity index (χ4v) is 1.91. The van der Waals surface area contributed by atoms with Crippen LogP contribution in [0, 0.1) is 0 Å². The van der Waals surface area contributed by atoms with Crippen molar-refractivity contribution in [3.8, 4) is 0 Å². The molecule has 82 valence electrons. The second-order valence-corrected chi connectivity index (χ2v) is 3.78. The van der Waals surface area contributed by atoms with Crippen molar-refractivity contribution in [3.05, 3.63) is 0 Å². The first-order valence-electron chi connectivity index (χ1n) is 5.67. The number of likely N-dealkylation sites (N-methyl/N-ethyl adjacent to an activating group) is 1. The molecule has 0 aliphatic heterocycles. The third-order valence-electron chi connectivity index (χ3n) is 2.86. The number of carbonyl (C=O) groups excluding carboxylic acids is 1. The predicted octanol–water partition coefficient (Wildman–Crippen LogP) is 1.81. The van der Waals surface area contributed by atoms with Crippen molar-refractivity contribution in [3.63, 3.8) is 0 Å². The van der Waals surface area contributed by atoms with Gasteiger partial charge in [-0.1, -0.05) is 12.8 Å². The van der Waals surface area contributed by atoms with Crippen LogP contribution in [0.2, 0.25) is 0 Å². The molecule has 0 radical (unpaired) electrons. The molecule has 0 atom stereocenters. The Morgan fingerprint density at radius 2 is 1.86 bits per heavy atom. The standard InChI is InChI=1S/C11H21NO2/c1-3-12(4-2)11(13)9-14-10-7-5-6-8-10/h10H,3-9H2,1-2H3. The van der Waals surface area contributed by atoms with E-state index in [0.29, 0.717) is 6.10 Å². The van der Waals surface area contributed by atoms with Gasteiger partial charge in [-0.2, -0.15) is 0 Å². The zero-order valence-corrected chi connectivity index (χ0v) is 9.29. The van der Waals surface area contributed by atoms with E-state index < -0.39 is 0 Å². The van der Waals surface area contributed by atoms with Gasteiger partial charge in [-0.15, -0.1) is 0 Å². The molecule has 0 bridgehead atoms. The van der Waals surface area contributed by atoms with E-state index in [2.05, 4.69) is 0 Å². The lowest BCUT2D eigenvalue weighted by Crippen LogP contribution is -2.34. The Balaban J connectivity index is 2.18. The molecule has 1 aliphatic carbocycles. The van der Waals surface area contributed by atoms with Gasteiger partial charge in [0.2, 0.25) is 5.91 Å². The Kier molecular flexibility index (Phi) is 4.94. The van der Waals surface area contributed by atoms with Crippen LogP contribution < -0.4 is 0 Å². The summed E-state index contributed by atoms with van der Waals surface area (Å²) in [5.74, 6) is 0.127. The van der Waals surface area contributed by atoms with Crippen LogP contribution in [0.4, 0.5) is 0 Å². The first-order valence-corrected chi connectivity index (χ1v) is 5.67. The largest absolute Gasteiger partial charge is 0.368 e. The van der Waals surface area contributed by atoms with Crippen LogP contribution >= 0.6 is 0 Å². The molecular formula is C11H21NO2. The number of hydrogen-bond acceptors (Lipinski definition) is 2. The molecule has 0 aromatic rings. The molecule has 0 heterocycles. The van der Waals surface area contributed by atoms with Crippen LogP contribution in [0.1, 0.15) is 39.5 Å². The van der Waals surface area contributed by atoms with Gasteiger partial charge in [-0.05, 0) is 26.7 Å². The minimum absolute atomic E-state index is 0.127. The van der Waals surface area contributed by atoms with Crippen LogP contribution in [0.5, 0.6) is 0 Å². The molecule has 1 fully saturated rings. The summed E-state index contributed by atoms with van der Waals surface area (Å²) in [6, 6.07) is 0. The highest BCUT2D eigenvalue weighted by molar-refractivity contribution is 5.77. The molecule has 3 heteroatoms. The summed E-state index contributed by atoms with van der Waals surface area (Å²) >= 11 is 0. The summed E-state index contributed by atoms with van der Waals surface area (Å²) in [6.07, 6.45) is 5.11. The molecule has 1 rings (SSSR count). The number of amides is 1. The fourth-order valence-electron chi connectivity index (χ4n) is 1.91. The van der Waals surface area contributed by atoms with Crippen molar-refractivity contribution in [2.75, 3.05) is 19.7 Å². The van der Waals surface area contributed by atoms with Crippen LogP contribution in [-0.4, -0.2) is 36.6 Å². The summed E-state index contributed by atoms with van der Waals surface area (Å²) in [7, 11) is 0. The third kappa shape index (κ3) is 3.29. The molecule has 0 spiro atoms. The van der Waals surface area contributed by atoms with Crippen molar-refractivity contribution in [2.45, 2.75) is 45.6 Å². The molecule has 0 N–H and O–H groups in total. The molecule has 1 aliphatic rings. The fraction of sp³-hybridized carbons (Fsp3) is 0.909. The number of carbonyl (C=O) groups is 1. The SMILES string of the molecule is CCN(CC)C(=O)COC1CCCC1. The van der Waals surface area contributed by atoms with Crippen molar-refractivity contribution in [1.82, 2.24) is 4.90 Å². The Bertz CT molecular complexity index is 172. The molecule has 14 heavy (non-hydrogen) atoms. The quantitative estimate of drug-likeness (QED) is 0.676. The van der Waals surface area contributed by atoms with Crippen molar-refractivity contribution in [1.29, 1.82) is 0 Å². The highest BCUT2D eigenvalue weighted by Crippen LogP contribution is 2.20. The molecule has 0 aromatic carbocycles. The molecule has 0 unspecified atom stereocenters. The molecule has 0 saturated heterocycles. The molecule has 0 aromatic heterocycles. The van der Waals surface area contributed by atoms with E-state index >= 15 is 0 Å². The van der Waals surface area contributed by atoms with Crippen LogP contribution in [-0.2, 0) is 9.53 Å². The van der Waals surface area contributed by atoms with Gasteiger partial charge in [0, 0.05) is 13.1 Å². The van der Waals surface area contributed by atoms with Gasteiger partial charge >= 0.3 is 0 Å². The molecule has 3 nitrogen and oxygen atoms in total. The minimum Gasteiger partial charge on any atom is -0.368 e. The maximum Gasteiger partial charge on any atom is 0.248 e. The summed E-state index contributed by atoms with van der Waals surface area (Å²) in [4.78, 5) is 13.4. The van der Waals surface area contributed by atoms with Gasteiger partial charge in [0.25, 0.3) is 0 Å². The second-order valence-electron chi connectivity index (χ2n) is 3.78. The van der Waals surface area contributed by atoms with Crippen molar-refractivity contribution < 1.29 is 9.53 Å². The van der Waals surface area contributed by atoms with E-state index in [1.165, 1.54) is 12.8 Å². The maximum atomic E-state index is 11.6. The molecule has 1 saturated carbocycles. The van der Waals surface area contributed by atoms with Crippen LogP contribution in [0.15, 0.2) is 0 Å². The lowest BCUT2D eigenvalue weighted by Gasteiger charge is -2.19. The van der Waals surface area contributed by atoms with Gasteiger partial charge in [-0.25, -0.2) is 0 Å². The third-order valence-corrected chi connectivity index (χ3v) is 2.86. The van der Waals surface area contributed by atoms with E-state index in [-0.39, 0.29) is 12.5 Å². The monoisotopic (exact) mass is 199 g/mol. The van der Waals surface area contributed by atoms with Gasteiger partial charge in [0.15, 0.2) is 0 Å². The summed E-state index contributed by atoms with van der Waals surface area (Å²) < 4.78 is 5.56. The average molecular weight is 199 g/mol. The Morgan fingerprint density at radius 1 is 1.29 bits per heavy atom. The van der Waals surface area contributed by atoms with Gasteiger partial charge in [0.1, 0.15) is 6.61 Å². The Morgan fingerprint density at radius 3 is 2.36 bits per heavy atom.